The lowest BCUT2D eigenvalue weighted by atomic mass is 10.0. The van der Waals surface area contributed by atoms with E-state index in [1.165, 1.54) is 4.90 Å². The van der Waals surface area contributed by atoms with Gasteiger partial charge in [-0.2, -0.15) is 0 Å². The molecule has 0 aromatic carbocycles. The van der Waals surface area contributed by atoms with Gasteiger partial charge in [0.05, 0.1) is 18.9 Å². The molecule has 2 atom stereocenters. The third-order valence-electron chi connectivity index (χ3n) is 4.21. The topological polar surface area (TPSA) is 107 Å². The summed E-state index contributed by atoms with van der Waals surface area (Å²) in [6.45, 7) is 0.738. The lowest BCUT2D eigenvalue weighted by Crippen LogP contribution is -2.60. The largest absolute Gasteiger partial charge is 0.481 e. The van der Waals surface area contributed by atoms with Gasteiger partial charge in [0.15, 0.2) is 0 Å². The second kappa shape index (κ2) is 5.10. The first-order chi connectivity index (χ1) is 9.99. The summed E-state index contributed by atoms with van der Waals surface area (Å²) in [5, 5.41) is 11.6. The number of nitrogens with one attached hydrogen (secondary N) is 1. The third-order valence-corrected chi connectivity index (χ3v) is 4.21. The van der Waals surface area contributed by atoms with Crippen molar-refractivity contribution in [3.63, 3.8) is 0 Å². The molecule has 3 aliphatic rings. The van der Waals surface area contributed by atoms with Crippen LogP contribution in [0, 0.1) is 0 Å². The van der Waals surface area contributed by atoms with E-state index in [1.807, 2.05) is 0 Å². The minimum absolute atomic E-state index is 0.00606. The van der Waals surface area contributed by atoms with Gasteiger partial charge in [0, 0.05) is 19.1 Å². The van der Waals surface area contributed by atoms with Gasteiger partial charge in [-0.1, -0.05) is 0 Å². The highest BCUT2D eigenvalue weighted by Gasteiger charge is 2.50. The molecule has 1 aliphatic carbocycles. The molecule has 0 spiro atoms. The molecule has 3 rings (SSSR count). The molecule has 8 nitrogen and oxygen atoms in total. The molecule has 2 unspecified atom stereocenters. The Hall–Kier alpha value is -1.96. The van der Waals surface area contributed by atoms with Crippen molar-refractivity contribution < 1.29 is 24.3 Å². The van der Waals surface area contributed by atoms with Crippen LogP contribution in [-0.4, -0.2) is 69.8 Å². The molecule has 2 aliphatic heterocycles. The highest BCUT2D eigenvalue weighted by atomic mass is 16.4. The highest BCUT2D eigenvalue weighted by molar-refractivity contribution is 6.06. The number of carboxylic acid groups (broad SMARTS) is 1. The Morgan fingerprint density at radius 3 is 2.62 bits per heavy atom. The second-order valence-corrected chi connectivity index (χ2v) is 5.70. The Morgan fingerprint density at radius 2 is 2.00 bits per heavy atom. The van der Waals surface area contributed by atoms with Crippen molar-refractivity contribution in [2.24, 2.45) is 0 Å². The smallest absolute Gasteiger partial charge is 0.305 e. The lowest BCUT2D eigenvalue weighted by molar-refractivity contribution is -0.147. The maximum atomic E-state index is 12.4. The zero-order valence-corrected chi connectivity index (χ0v) is 11.4. The number of piperazine rings is 1. The second-order valence-electron chi connectivity index (χ2n) is 5.70. The van der Waals surface area contributed by atoms with Crippen LogP contribution in [0.25, 0.3) is 0 Å². The fourth-order valence-electron chi connectivity index (χ4n) is 3.09. The molecular weight excluding hydrogens is 278 g/mol. The van der Waals surface area contributed by atoms with Crippen molar-refractivity contribution in [1.29, 1.82) is 0 Å². The van der Waals surface area contributed by atoms with Crippen LogP contribution in [0.1, 0.15) is 25.7 Å². The molecule has 8 heteroatoms. The van der Waals surface area contributed by atoms with Gasteiger partial charge in [0.2, 0.25) is 17.7 Å². The number of carbonyl (C=O) groups is 4. The van der Waals surface area contributed by atoms with E-state index < -0.39 is 24.0 Å². The molecule has 0 radical (unpaired) electrons. The summed E-state index contributed by atoms with van der Waals surface area (Å²) < 4.78 is 0. The average molecular weight is 295 g/mol. The third kappa shape index (κ3) is 2.51. The maximum Gasteiger partial charge on any atom is 0.305 e. The quantitative estimate of drug-likeness (QED) is 0.615. The molecule has 1 saturated carbocycles. The summed E-state index contributed by atoms with van der Waals surface area (Å²) >= 11 is 0. The SMILES string of the molecule is O=C(O)CC1C(=O)NCCN1C1CC(=O)N(C2CC2)C1=O. The van der Waals surface area contributed by atoms with Crippen molar-refractivity contribution in [3.8, 4) is 0 Å². The Labute approximate surface area is 121 Å². The van der Waals surface area contributed by atoms with E-state index in [1.54, 1.807) is 4.90 Å². The van der Waals surface area contributed by atoms with E-state index in [0.29, 0.717) is 13.1 Å². The predicted octanol–water partition coefficient (Wildman–Crippen LogP) is -1.45. The molecule has 0 bridgehead atoms. The zero-order valence-electron chi connectivity index (χ0n) is 11.4. The van der Waals surface area contributed by atoms with E-state index in [0.717, 1.165) is 12.8 Å². The van der Waals surface area contributed by atoms with Gasteiger partial charge in [-0.15, -0.1) is 0 Å². The van der Waals surface area contributed by atoms with Gasteiger partial charge < -0.3 is 10.4 Å². The first-order valence-corrected chi connectivity index (χ1v) is 7.10. The van der Waals surface area contributed by atoms with Crippen molar-refractivity contribution in [2.75, 3.05) is 13.1 Å². The van der Waals surface area contributed by atoms with E-state index in [9.17, 15) is 19.2 Å². The maximum absolute atomic E-state index is 12.4. The molecule has 3 amide bonds. The number of amides is 3. The Bertz CT molecular complexity index is 516. The number of carbonyl (C=O) groups excluding carboxylic acids is 3. The van der Waals surface area contributed by atoms with Crippen molar-refractivity contribution in [1.82, 2.24) is 15.1 Å². The van der Waals surface area contributed by atoms with Crippen LogP contribution in [0.5, 0.6) is 0 Å². The number of hydrogen-bond acceptors (Lipinski definition) is 5. The van der Waals surface area contributed by atoms with E-state index >= 15 is 0 Å². The van der Waals surface area contributed by atoms with Crippen LogP contribution >= 0.6 is 0 Å². The van der Waals surface area contributed by atoms with Gasteiger partial charge in [-0.05, 0) is 12.8 Å². The first-order valence-electron chi connectivity index (χ1n) is 7.10. The number of hydrogen-bond donors (Lipinski definition) is 2. The van der Waals surface area contributed by atoms with E-state index in [4.69, 9.17) is 5.11 Å². The molecular formula is C13H17N3O5. The van der Waals surface area contributed by atoms with Crippen molar-refractivity contribution in [2.45, 2.75) is 43.8 Å². The first kappa shape index (κ1) is 14.0. The van der Waals surface area contributed by atoms with E-state index in [-0.39, 0.29) is 30.7 Å². The molecule has 114 valence electrons. The summed E-state index contributed by atoms with van der Waals surface area (Å²) in [5.41, 5.74) is 0. The number of likely N-dealkylation sites (tertiary alicyclic amines) is 1. The van der Waals surface area contributed by atoms with Gasteiger partial charge in [0.25, 0.3) is 0 Å². The fourth-order valence-corrected chi connectivity index (χ4v) is 3.09. The predicted molar refractivity (Wildman–Crippen MR) is 69.0 cm³/mol. The summed E-state index contributed by atoms with van der Waals surface area (Å²) in [6.07, 6.45) is 1.35. The number of carboxylic acids is 1. The molecule has 3 fully saturated rings. The van der Waals surface area contributed by atoms with Crippen LogP contribution in [0.2, 0.25) is 0 Å². The number of imide groups is 1. The molecule has 0 aromatic heterocycles. The van der Waals surface area contributed by atoms with Crippen LogP contribution in [0.15, 0.2) is 0 Å². The summed E-state index contributed by atoms with van der Waals surface area (Å²) in [4.78, 5) is 50.1. The van der Waals surface area contributed by atoms with Gasteiger partial charge >= 0.3 is 5.97 Å². The van der Waals surface area contributed by atoms with E-state index in [2.05, 4.69) is 5.32 Å². The normalized spacial score (nSPS) is 30.7. The molecule has 0 aromatic rings. The van der Waals surface area contributed by atoms with Gasteiger partial charge in [0.1, 0.15) is 6.04 Å². The van der Waals surface area contributed by atoms with Crippen molar-refractivity contribution in [3.05, 3.63) is 0 Å². The minimum atomic E-state index is -1.10. The molecule has 2 N–H and O–H groups in total. The number of rotatable bonds is 4. The lowest BCUT2D eigenvalue weighted by Gasteiger charge is -2.37. The molecule has 21 heavy (non-hydrogen) atoms. The monoisotopic (exact) mass is 295 g/mol. The van der Waals surface area contributed by atoms with Crippen LogP contribution < -0.4 is 5.32 Å². The average Bonchev–Trinajstić information content (AvgIpc) is 3.18. The highest BCUT2D eigenvalue weighted by Crippen LogP contribution is 2.33. The van der Waals surface area contributed by atoms with Crippen molar-refractivity contribution >= 4 is 23.7 Å². The Morgan fingerprint density at radius 1 is 1.29 bits per heavy atom. The summed E-state index contributed by atoms with van der Waals surface area (Å²) in [5.74, 6) is -1.99. The van der Waals surface area contributed by atoms with Gasteiger partial charge in [-0.25, -0.2) is 0 Å². The summed E-state index contributed by atoms with van der Waals surface area (Å²) in [7, 11) is 0. The van der Waals surface area contributed by atoms with Gasteiger partial charge in [-0.3, -0.25) is 29.0 Å². The summed E-state index contributed by atoms with van der Waals surface area (Å²) in [6, 6.07) is -1.59. The van der Waals surface area contributed by atoms with Crippen LogP contribution in [0.3, 0.4) is 0 Å². The fraction of sp³-hybridized carbons (Fsp3) is 0.692. The number of nitrogens with zero attached hydrogens (tertiary/aromatic N) is 2. The Balaban J connectivity index is 1.80. The zero-order chi connectivity index (χ0) is 15.1. The minimum Gasteiger partial charge on any atom is -0.481 e. The van der Waals surface area contributed by atoms with Crippen LogP contribution in [-0.2, 0) is 19.2 Å². The standard InChI is InChI=1S/C13H17N3O5/c17-10-5-9(13(21)16(10)7-1-2-7)15-4-3-14-12(20)8(15)6-11(18)19/h7-9H,1-6H2,(H,14,20)(H,18,19). The number of aliphatic carboxylic acids is 1. The molecule has 2 saturated heterocycles. The Kier molecular flexibility index (Phi) is 3.40. The van der Waals surface area contributed by atoms with Crippen LogP contribution in [0.4, 0.5) is 0 Å². The molecule has 2 heterocycles.